The third kappa shape index (κ3) is 4.36. The Morgan fingerprint density at radius 1 is 1.07 bits per heavy atom. The van der Waals surface area contributed by atoms with E-state index in [1.807, 2.05) is 49.4 Å². The van der Waals surface area contributed by atoms with Crippen molar-refractivity contribution in [1.82, 2.24) is 0 Å². The van der Waals surface area contributed by atoms with Gasteiger partial charge in [-0.3, -0.25) is 4.79 Å². The Morgan fingerprint density at radius 3 is 2.59 bits per heavy atom. The number of rotatable bonds is 6. The van der Waals surface area contributed by atoms with Gasteiger partial charge in [-0.05, 0) is 48.9 Å². The summed E-state index contributed by atoms with van der Waals surface area (Å²) in [5.74, 6) is 0.607. The Morgan fingerprint density at radius 2 is 1.85 bits per heavy atom. The first kappa shape index (κ1) is 18.3. The second-order valence-corrected chi connectivity index (χ2v) is 6.02. The average molecular weight is 360 g/mol. The van der Waals surface area contributed by atoms with Crippen LogP contribution in [-0.4, -0.2) is 18.6 Å². The molecule has 0 unspecified atom stereocenters. The lowest BCUT2D eigenvalue weighted by molar-refractivity contribution is -0.122. The van der Waals surface area contributed by atoms with Crippen LogP contribution < -0.4 is 14.8 Å². The van der Waals surface area contributed by atoms with Gasteiger partial charge in [-0.2, -0.15) is 5.26 Å². The summed E-state index contributed by atoms with van der Waals surface area (Å²) in [6, 6.07) is 20.6. The number of ether oxygens (including phenoxy) is 2. The molecule has 3 aromatic rings. The van der Waals surface area contributed by atoms with Crippen molar-refractivity contribution in [1.29, 1.82) is 5.26 Å². The number of amides is 1. The van der Waals surface area contributed by atoms with Crippen LogP contribution >= 0.6 is 0 Å². The molecule has 3 rings (SSSR count). The van der Waals surface area contributed by atoms with Gasteiger partial charge in [0.2, 0.25) is 0 Å². The molecule has 0 radical (unpaired) electrons. The highest BCUT2D eigenvalue weighted by Gasteiger charge is 2.17. The zero-order valence-electron chi connectivity index (χ0n) is 15.2. The van der Waals surface area contributed by atoms with E-state index in [0.717, 1.165) is 10.8 Å². The molecule has 0 aliphatic heterocycles. The van der Waals surface area contributed by atoms with Crippen molar-refractivity contribution >= 4 is 22.4 Å². The predicted molar refractivity (Wildman–Crippen MR) is 105 cm³/mol. The Hall–Kier alpha value is -3.52. The highest BCUT2D eigenvalue weighted by Crippen LogP contribution is 2.29. The Balaban J connectivity index is 1.72. The molecule has 0 saturated heterocycles. The number of hydrogen-bond donors (Lipinski definition) is 1. The molecule has 27 heavy (non-hydrogen) atoms. The first-order valence-corrected chi connectivity index (χ1v) is 8.74. The largest absolute Gasteiger partial charge is 0.490 e. The van der Waals surface area contributed by atoms with Gasteiger partial charge < -0.3 is 14.8 Å². The molecular formula is C22H20N2O3. The van der Waals surface area contributed by atoms with E-state index in [2.05, 4.69) is 11.4 Å². The molecule has 0 heterocycles. The molecule has 0 saturated carbocycles. The van der Waals surface area contributed by atoms with E-state index < -0.39 is 6.10 Å². The van der Waals surface area contributed by atoms with Crippen LogP contribution in [0.4, 0.5) is 5.69 Å². The van der Waals surface area contributed by atoms with Crippen LogP contribution in [0.1, 0.15) is 19.4 Å². The lowest BCUT2D eigenvalue weighted by Gasteiger charge is -2.17. The van der Waals surface area contributed by atoms with Crippen LogP contribution in [0.5, 0.6) is 11.5 Å². The van der Waals surface area contributed by atoms with Gasteiger partial charge in [-0.1, -0.05) is 30.3 Å². The molecule has 0 bridgehead atoms. The van der Waals surface area contributed by atoms with Crippen LogP contribution in [0.2, 0.25) is 0 Å². The average Bonchev–Trinajstić information content (AvgIpc) is 2.69. The molecule has 0 fully saturated rings. The third-order valence-electron chi connectivity index (χ3n) is 4.06. The molecule has 136 valence electrons. The maximum absolute atomic E-state index is 12.5. The molecule has 1 amide bonds. The number of hydrogen-bond acceptors (Lipinski definition) is 4. The second-order valence-electron chi connectivity index (χ2n) is 6.02. The SMILES string of the molecule is CCOc1cc(C#N)ccc1O[C@H](C)C(=O)Nc1ccc2ccccc2c1. The minimum Gasteiger partial charge on any atom is -0.490 e. The summed E-state index contributed by atoms with van der Waals surface area (Å²) >= 11 is 0. The standard InChI is InChI=1S/C22H20N2O3/c1-3-26-21-12-16(14-23)8-11-20(21)27-15(2)22(25)24-19-10-9-17-6-4-5-7-18(17)13-19/h4-13,15H,3H2,1-2H3,(H,24,25)/t15-/m1/s1. The van der Waals surface area contributed by atoms with E-state index in [1.54, 1.807) is 25.1 Å². The van der Waals surface area contributed by atoms with Crippen molar-refractivity contribution in [3.05, 3.63) is 66.2 Å². The Labute approximate surface area is 158 Å². The zero-order chi connectivity index (χ0) is 19.2. The lowest BCUT2D eigenvalue weighted by Crippen LogP contribution is -2.30. The number of fused-ring (bicyclic) bond motifs is 1. The molecule has 0 spiro atoms. The fraction of sp³-hybridized carbons (Fsp3) is 0.182. The van der Waals surface area contributed by atoms with Crippen LogP contribution in [0.25, 0.3) is 10.8 Å². The maximum Gasteiger partial charge on any atom is 0.265 e. The molecule has 0 aromatic heterocycles. The molecule has 5 heteroatoms. The molecule has 5 nitrogen and oxygen atoms in total. The number of carbonyl (C=O) groups excluding carboxylic acids is 1. The lowest BCUT2D eigenvalue weighted by atomic mass is 10.1. The normalized spacial score (nSPS) is 11.4. The summed E-state index contributed by atoms with van der Waals surface area (Å²) in [6.45, 7) is 3.95. The van der Waals surface area contributed by atoms with Gasteiger partial charge in [-0.25, -0.2) is 0 Å². The Bertz CT molecular complexity index is 1010. The third-order valence-corrected chi connectivity index (χ3v) is 4.06. The number of benzene rings is 3. The van der Waals surface area contributed by atoms with Crippen LogP contribution in [0.3, 0.4) is 0 Å². The molecule has 0 aliphatic carbocycles. The highest BCUT2D eigenvalue weighted by molar-refractivity contribution is 5.96. The number of nitriles is 1. The molecule has 0 aliphatic rings. The quantitative estimate of drug-likeness (QED) is 0.702. The summed E-state index contributed by atoms with van der Waals surface area (Å²) in [6.07, 6.45) is -0.733. The summed E-state index contributed by atoms with van der Waals surface area (Å²) in [4.78, 5) is 12.5. The number of nitrogens with zero attached hydrogens (tertiary/aromatic N) is 1. The first-order valence-electron chi connectivity index (χ1n) is 8.74. The van der Waals surface area contributed by atoms with E-state index in [4.69, 9.17) is 14.7 Å². The summed E-state index contributed by atoms with van der Waals surface area (Å²) < 4.78 is 11.3. The van der Waals surface area contributed by atoms with Crippen LogP contribution in [0, 0.1) is 11.3 Å². The van der Waals surface area contributed by atoms with E-state index in [1.165, 1.54) is 0 Å². The highest BCUT2D eigenvalue weighted by atomic mass is 16.5. The molecule has 3 aromatic carbocycles. The van der Waals surface area contributed by atoms with Crippen molar-refractivity contribution in [3.63, 3.8) is 0 Å². The molecular weight excluding hydrogens is 340 g/mol. The zero-order valence-corrected chi connectivity index (χ0v) is 15.2. The first-order chi connectivity index (χ1) is 13.1. The number of anilines is 1. The van der Waals surface area contributed by atoms with Gasteiger partial charge >= 0.3 is 0 Å². The van der Waals surface area contributed by atoms with Crippen molar-refractivity contribution in [3.8, 4) is 17.6 Å². The van der Waals surface area contributed by atoms with Gasteiger partial charge in [0.25, 0.3) is 5.91 Å². The van der Waals surface area contributed by atoms with Gasteiger partial charge in [0.1, 0.15) is 0 Å². The maximum atomic E-state index is 12.5. The minimum absolute atomic E-state index is 0.267. The van der Waals surface area contributed by atoms with Gasteiger partial charge in [-0.15, -0.1) is 0 Å². The fourth-order valence-electron chi connectivity index (χ4n) is 2.70. The molecule has 1 N–H and O–H groups in total. The van der Waals surface area contributed by atoms with Gasteiger partial charge in [0.15, 0.2) is 17.6 Å². The van der Waals surface area contributed by atoms with Crippen molar-refractivity contribution in [2.75, 3.05) is 11.9 Å². The van der Waals surface area contributed by atoms with Gasteiger partial charge in [0.05, 0.1) is 18.2 Å². The van der Waals surface area contributed by atoms with Crippen LogP contribution in [0.15, 0.2) is 60.7 Å². The second kappa shape index (κ2) is 8.24. The summed E-state index contributed by atoms with van der Waals surface area (Å²) in [7, 11) is 0. The van der Waals surface area contributed by atoms with E-state index in [0.29, 0.717) is 29.4 Å². The number of carbonyl (C=O) groups is 1. The fourth-order valence-corrected chi connectivity index (χ4v) is 2.70. The van der Waals surface area contributed by atoms with E-state index in [9.17, 15) is 4.79 Å². The Kier molecular flexibility index (Phi) is 5.58. The smallest absolute Gasteiger partial charge is 0.265 e. The monoisotopic (exact) mass is 360 g/mol. The molecule has 1 atom stereocenters. The van der Waals surface area contributed by atoms with E-state index in [-0.39, 0.29) is 5.91 Å². The van der Waals surface area contributed by atoms with Crippen LogP contribution in [-0.2, 0) is 4.79 Å². The topological polar surface area (TPSA) is 71.3 Å². The van der Waals surface area contributed by atoms with Crippen molar-refractivity contribution < 1.29 is 14.3 Å². The van der Waals surface area contributed by atoms with Gasteiger partial charge in [0, 0.05) is 11.8 Å². The van der Waals surface area contributed by atoms with E-state index >= 15 is 0 Å². The summed E-state index contributed by atoms with van der Waals surface area (Å²) in [5.41, 5.74) is 1.18. The minimum atomic E-state index is -0.733. The predicted octanol–water partition coefficient (Wildman–Crippen LogP) is 4.52. The summed E-state index contributed by atoms with van der Waals surface area (Å²) in [5, 5.41) is 14.1. The van der Waals surface area contributed by atoms with Crippen molar-refractivity contribution in [2.45, 2.75) is 20.0 Å². The van der Waals surface area contributed by atoms with Crippen molar-refractivity contribution in [2.24, 2.45) is 0 Å². The number of nitrogens with one attached hydrogen (secondary N) is 1.